The zero-order chi connectivity index (χ0) is 18.0. The highest BCUT2D eigenvalue weighted by Gasteiger charge is 2.18. The number of nitro groups is 1. The Morgan fingerprint density at radius 1 is 1.20 bits per heavy atom. The summed E-state index contributed by atoms with van der Waals surface area (Å²) in [6.07, 6.45) is 1.14. The fraction of sp³-hybridized carbons (Fsp3) is 0.222. The van der Waals surface area contributed by atoms with E-state index in [1.54, 1.807) is 0 Å². The van der Waals surface area contributed by atoms with Gasteiger partial charge in [0.15, 0.2) is 0 Å². The maximum absolute atomic E-state index is 12.3. The lowest BCUT2D eigenvalue weighted by molar-refractivity contribution is -0.384. The number of carbonyl (C=O) groups excluding carboxylic acids is 2. The molecule has 0 spiro atoms. The van der Waals surface area contributed by atoms with Gasteiger partial charge in [0, 0.05) is 29.8 Å². The predicted octanol–water partition coefficient (Wildman–Crippen LogP) is 2.97. The van der Waals surface area contributed by atoms with E-state index in [-0.39, 0.29) is 23.5 Å². The molecular weight excluding hydrogens is 322 g/mol. The molecule has 0 bridgehead atoms. The first-order chi connectivity index (χ1) is 11.9. The van der Waals surface area contributed by atoms with E-state index in [9.17, 15) is 19.7 Å². The van der Waals surface area contributed by atoms with Gasteiger partial charge in [0.05, 0.1) is 11.0 Å². The maximum atomic E-state index is 12.3. The van der Waals surface area contributed by atoms with Crippen LogP contribution in [0.2, 0.25) is 0 Å². The number of nitrogens with one attached hydrogen (secondary N) is 2. The summed E-state index contributed by atoms with van der Waals surface area (Å²) in [5.41, 5.74) is 3.11. The van der Waals surface area contributed by atoms with Crippen LogP contribution in [-0.4, -0.2) is 16.7 Å². The summed E-state index contributed by atoms with van der Waals surface area (Å²) in [5.74, 6) is -0.284. The number of benzene rings is 2. The van der Waals surface area contributed by atoms with Crippen molar-refractivity contribution in [2.75, 3.05) is 5.32 Å². The van der Waals surface area contributed by atoms with Crippen LogP contribution in [0, 0.1) is 10.1 Å². The van der Waals surface area contributed by atoms with Crippen molar-refractivity contribution in [2.45, 2.75) is 25.8 Å². The van der Waals surface area contributed by atoms with Gasteiger partial charge in [-0.1, -0.05) is 12.1 Å². The van der Waals surface area contributed by atoms with Gasteiger partial charge < -0.3 is 10.6 Å². The Labute approximate surface area is 144 Å². The second kappa shape index (κ2) is 6.72. The van der Waals surface area contributed by atoms with Crippen molar-refractivity contribution in [2.24, 2.45) is 0 Å². The Bertz CT molecular complexity index is 846. The summed E-state index contributed by atoms with van der Waals surface area (Å²) >= 11 is 0. The third-order valence-electron chi connectivity index (χ3n) is 4.21. The molecule has 1 atom stereocenters. The maximum Gasteiger partial charge on any atom is 0.269 e. The van der Waals surface area contributed by atoms with Crippen LogP contribution in [0.15, 0.2) is 42.5 Å². The Morgan fingerprint density at radius 3 is 2.60 bits per heavy atom. The summed E-state index contributed by atoms with van der Waals surface area (Å²) in [6, 6.07) is 10.9. The molecule has 0 saturated heterocycles. The number of fused-ring (bicyclic) bond motifs is 1. The second-order valence-corrected chi connectivity index (χ2v) is 5.96. The van der Waals surface area contributed by atoms with Crippen LogP contribution in [0.5, 0.6) is 0 Å². The van der Waals surface area contributed by atoms with E-state index < -0.39 is 4.92 Å². The highest BCUT2D eigenvalue weighted by atomic mass is 16.6. The predicted molar refractivity (Wildman–Crippen MR) is 92.4 cm³/mol. The molecule has 1 aliphatic heterocycles. The first kappa shape index (κ1) is 16.6. The zero-order valence-corrected chi connectivity index (χ0v) is 13.6. The SMILES string of the molecule is CC(NC(=O)c1ccc([N+](=O)[O-])cc1)c1ccc2c(c1)CCC(=O)N2. The highest BCUT2D eigenvalue weighted by molar-refractivity contribution is 5.95. The van der Waals surface area contributed by atoms with E-state index in [0.29, 0.717) is 18.4 Å². The fourth-order valence-electron chi connectivity index (χ4n) is 2.77. The number of rotatable bonds is 4. The molecule has 25 heavy (non-hydrogen) atoms. The molecular formula is C18H17N3O4. The largest absolute Gasteiger partial charge is 0.346 e. The fourth-order valence-corrected chi connectivity index (χ4v) is 2.77. The van der Waals surface area contributed by atoms with Crippen LogP contribution >= 0.6 is 0 Å². The average Bonchev–Trinajstić information content (AvgIpc) is 2.61. The Kier molecular flexibility index (Phi) is 4.47. The van der Waals surface area contributed by atoms with Gasteiger partial charge in [-0.3, -0.25) is 19.7 Å². The zero-order valence-electron chi connectivity index (χ0n) is 13.6. The number of hydrogen-bond acceptors (Lipinski definition) is 4. The van der Waals surface area contributed by atoms with Gasteiger partial charge in [0.2, 0.25) is 5.91 Å². The summed E-state index contributed by atoms with van der Waals surface area (Å²) in [6.45, 7) is 1.87. The molecule has 0 aliphatic carbocycles. The molecule has 1 unspecified atom stereocenters. The van der Waals surface area contributed by atoms with Gasteiger partial charge in [-0.05, 0) is 42.7 Å². The normalized spacial score (nSPS) is 14.2. The molecule has 0 saturated carbocycles. The summed E-state index contributed by atoms with van der Waals surface area (Å²) < 4.78 is 0. The van der Waals surface area contributed by atoms with E-state index in [2.05, 4.69) is 10.6 Å². The van der Waals surface area contributed by atoms with E-state index in [1.807, 2.05) is 25.1 Å². The monoisotopic (exact) mass is 339 g/mol. The first-order valence-corrected chi connectivity index (χ1v) is 7.92. The van der Waals surface area contributed by atoms with Gasteiger partial charge in [-0.15, -0.1) is 0 Å². The molecule has 128 valence electrons. The van der Waals surface area contributed by atoms with Crippen molar-refractivity contribution in [1.82, 2.24) is 5.32 Å². The Hall–Kier alpha value is -3.22. The lowest BCUT2D eigenvalue weighted by Crippen LogP contribution is -2.27. The van der Waals surface area contributed by atoms with Crippen molar-refractivity contribution in [3.8, 4) is 0 Å². The van der Waals surface area contributed by atoms with Crippen LogP contribution in [0.1, 0.15) is 40.9 Å². The molecule has 2 N–H and O–H groups in total. The molecule has 0 aromatic heterocycles. The third-order valence-corrected chi connectivity index (χ3v) is 4.21. The van der Waals surface area contributed by atoms with Gasteiger partial charge in [-0.25, -0.2) is 0 Å². The summed E-state index contributed by atoms with van der Waals surface area (Å²) in [4.78, 5) is 33.9. The number of hydrogen-bond donors (Lipinski definition) is 2. The summed E-state index contributed by atoms with van der Waals surface area (Å²) in [7, 11) is 0. The van der Waals surface area contributed by atoms with Crippen LogP contribution in [0.4, 0.5) is 11.4 Å². The number of amides is 2. The molecule has 1 aliphatic rings. The van der Waals surface area contributed by atoms with Crippen LogP contribution in [0.3, 0.4) is 0 Å². The van der Waals surface area contributed by atoms with Crippen molar-refractivity contribution in [3.63, 3.8) is 0 Å². The lowest BCUT2D eigenvalue weighted by atomic mass is 9.97. The molecule has 1 heterocycles. The molecule has 7 nitrogen and oxygen atoms in total. The Balaban J connectivity index is 1.71. The number of non-ortho nitro benzene ring substituents is 1. The van der Waals surface area contributed by atoms with Gasteiger partial charge >= 0.3 is 0 Å². The molecule has 3 rings (SSSR count). The minimum atomic E-state index is -0.504. The molecule has 2 aromatic rings. The number of nitrogens with zero attached hydrogens (tertiary/aromatic N) is 1. The molecule has 2 aromatic carbocycles. The minimum Gasteiger partial charge on any atom is -0.346 e. The minimum absolute atomic E-state index is 0.0137. The smallest absolute Gasteiger partial charge is 0.269 e. The van der Waals surface area contributed by atoms with E-state index in [0.717, 1.165) is 16.8 Å². The topological polar surface area (TPSA) is 101 Å². The first-order valence-electron chi connectivity index (χ1n) is 7.92. The van der Waals surface area contributed by atoms with Crippen LogP contribution in [-0.2, 0) is 11.2 Å². The van der Waals surface area contributed by atoms with Crippen molar-refractivity contribution in [3.05, 3.63) is 69.3 Å². The van der Waals surface area contributed by atoms with Crippen LogP contribution in [0.25, 0.3) is 0 Å². The third kappa shape index (κ3) is 3.65. The molecule has 0 radical (unpaired) electrons. The van der Waals surface area contributed by atoms with Gasteiger partial charge in [0.25, 0.3) is 11.6 Å². The highest BCUT2D eigenvalue weighted by Crippen LogP contribution is 2.26. The summed E-state index contributed by atoms with van der Waals surface area (Å²) in [5, 5.41) is 16.4. The number of nitro benzene ring substituents is 1. The average molecular weight is 339 g/mol. The number of aryl methyl sites for hydroxylation is 1. The molecule has 2 amide bonds. The van der Waals surface area contributed by atoms with E-state index in [1.165, 1.54) is 24.3 Å². The van der Waals surface area contributed by atoms with Crippen molar-refractivity contribution in [1.29, 1.82) is 0 Å². The van der Waals surface area contributed by atoms with Gasteiger partial charge in [-0.2, -0.15) is 0 Å². The Morgan fingerprint density at radius 2 is 1.92 bits per heavy atom. The quantitative estimate of drug-likeness (QED) is 0.660. The van der Waals surface area contributed by atoms with Crippen molar-refractivity contribution < 1.29 is 14.5 Å². The number of anilines is 1. The van der Waals surface area contributed by atoms with Gasteiger partial charge in [0.1, 0.15) is 0 Å². The van der Waals surface area contributed by atoms with Crippen LogP contribution < -0.4 is 10.6 Å². The standard InChI is InChI=1S/C18H17N3O4/c1-11(13-4-8-16-14(10-13)5-9-17(22)20-16)19-18(23)12-2-6-15(7-3-12)21(24)25/h2-4,6-8,10-11H,5,9H2,1H3,(H,19,23)(H,20,22). The van der Waals surface area contributed by atoms with Crippen molar-refractivity contribution >= 4 is 23.2 Å². The number of carbonyl (C=O) groups is 2. The second-order valence-electron chi connectivity index (χ2n) is 5.96. The van der Waals surface area contributed by atoms with E-state index in [4.69, 9.17) is 0 Å². The molecule has 7 heteroatoms. The molecule has 0 fully saturated rings. The van der Waals surface area contributed by atoms with E-state index >= 15 is 0 Å². The lowest BCUT2D eigenvalue weighted by Gasteiger charge is -2.20.